The lowest BCUT2D eigenvalue weighted by atomic mass is 10.3. The second kappa shape index (κ2) is 3.76. The van der Waals surface area contributed by atoms with Crippen molar-refractivity contribution < 1.29 is 4.74 Å². The van der Waals surface area contributed by atoms with Gasteiger partial charge in [-0.05, 0) is 19.1 Å². The molecular formula is C9H12N2O. The van der Waals surface area contributed by atoms with Gasteiger partial charge in [0, 0.05) is 11.8 Å². The van der Waals surface area contributed by atoms with Crippen molar-refractivity contribution in [3.8, 4) is 5.88 Å². The molecule has 12 heavy (non-hydrogen) atoms. The maximum absolute atomic E-state index is 5.60. The van der Waals surface area contributed by atoms with Crippen LogP contribution >= 0.6 is 0 Å². The first-order chi connectivity index (χ1) is 5.76. The molecule has 0 saturated carbocycles. The first-order valence-corrected chi connectivity index (χ1v) is 3.79. The zero-order valence-corrected chi connectivity index (χ0v) is 7.08. The van der Waals surface area contributed by atoms with Crippen molar-refractivity contribution in [3.05, 3.63) is 24.4 Å². The summed E-state index contributed by atoms with van der Waals surface area (Å²) in [5.41, 5.74) is 6.97. The van der Waals surface area contributed by atoms with E-state index in [1.54, 1.807) is 18.2 Å². The zero-order valence-electron chi connectivity index (χ0n) is 7.08. The van der Waals surface area contributed by atoms with Gasteiger partial charge >= 0.3 is 0 Å². The van der Waals surface area contributed by atoms with Gasteiger partial charge in [0.2, 0.25) is 5.88 Å². The van der Waals surface area contributed by atoms with E-state index in [9.17, 15) is 0 Å². The first-order valence-electron chi connectivity index (χ1n) is 3.79. The van der Waals surface area contributed by atoms with Gasteiger partial charge in [-0.15, -0.1) is 0 Å². The number of hydrogen-bond acceptors (Lipinski definition) is 3. The molecule has 1 aromatic rings. The van der Waals surface area contributed by atoms with Crippen molar-refractivity contribution in [2.75, 3.05) is 12.3 Å². The van der Waals surface area contributed by atoms with Crippen LogP contribution in [0.2, 0.25) is 0 Å². The molecule has 2 N–H and O–H groups in total. The summed E-state index contributed by atoms with van der Waals surface area (Å²) in [6.07, 6.45) is 1.64. The fraction of sp³-hybridized carbons (Fsp3) is 0.222. The summed E-state index contributed by atoms with van der Waals surface area (Å²) in [6.45, 7) is 6.09. The third-order valence-corrected chi connectivity index (χ3v) is 1.35. The van der Waals surface area contributed by atoms with E-state index in [4.69, 9.17) is 10.5 Å². The van der Waals surface area contributed by atoms with Crippen molar-refractivity contribution in [1.82, 2.24) is 4.98 Å². The molecule has 3 nitrogen and oxygen atoms in total. The van der Waals surface area contributed by atoms with Crippen LogP contribution in [0.1, 0.15) is 12.6 Å². The van der Waals surface area contributed by atoms with Crippen LogP contribution in [-0.4, -0.2) is 11.6 Å². The summed E-state index contributed by atoms with van der Waals surface area (Å²) in [5.74, 6) is 0.549. The third kappa shape index (κ3) is 1.99. The molecule has 0 fully saturated rings. The third-order valence-electron chi connectivity index (χ3n) is 1.35. The van der Waals surface area contributed by atoms with Crippen LogP contribution in [0, 0.1) is 0 Å². The van der Waals surface area contributed by atoms with Crippen LogP contribution in [0.4, 0.5) is 5.69 Å². The summed E-state index contributed by atoms with van der Waals surface area (Å²) < 4.78 is 5.19. The van der Waals surface area contributed by atoms with E-state index in [-0.39, 0.29) is 0 Å². The van der Waals surface area contributed by atoms with Crippen molar-refractivity contribution >= 4 is 11.8 Å². The highest BCUT2D eigenvalue weighted by Gasteiger charge is 1.97. The van der Waals surface area contributed by atoms with Crippen LogP contribution in [0.15, 0.2) is 18.7 Å². The predicted molar refractivity (Wildman–Crippen MR) is 49.9 cm³/mol. The molecule has 0 aliphatic rings. The number of nitrogens with two attached hydrogens (primary N) is 1. The summed E-state index contributed by atoms with van der Waals surface area (Å²) in [7, 11) is 0. The monoisotopic (exact) mass is 164 g/mol. The summed E-state index contributed by atoms with van der Waals surface area (Å²) in [6, 6.07) is 3.44. The van der Waals surface area contributed by atoms with Gasteiger partial charge in [0.05, 0.1) is 12.3 Å². The molecule has 0 saturated heterocycles. The average Bonchev–Trinajstić information content (AvgIpc) is 2.04. The Morgan fingerprint density at radius 1 is 1.67 bits per heavy atom. The fourth-order valence-electron chi connectivity index (χ4n) is 0.873. The maximum Gasteiger partial charge on any atom is 0.215 e. The molecule has 0 atom stereocenters. The number of pyridine rings is 1. The van der Waals surface area contributed by atoms with E-state index in [0.29, 0.717) is 18.2 Å². The van der Waals surface area contributed by atoms with E-state index in [2.05, 4.69) is 11.6 Å². The van der Waals surface area contributed by atoms with Crippen LogP contribution in [0.3, 0.4) is 0 Å². The molecule has 0 aromatic carbocycles. The summed E-state index contributed by atoms with van der Waals surface area (Å²) in [4.78, 5) is 4.12. The SMILES string of the molecule is C=Cc1cc(N)cc(OCC)n1. The van der Waals surface area contributed by atoms with Crippen molar-refractivity contribution in [1.29, 1.82) is 0 Å². The Bertz CT molecular complexity index is 284. The van der Waals surface area contributed by atoms with Gasteiger partial charge in [-0.1, -0.05) is 6.58 Å². The molecular weight excluding hydrogens is 152 g/mol. The number of nitrogens with zero attached hydrogens (tertiary/aromatic N) is 1. The highest BCUT2D eigenvalue weighted by Crippen LogP contribution is 2.14. The predicted octanol–water partition coefficient (Wildman–Crippen LogP) is 1.71. The minimum atomic E-state index is 0.549. The topological polar surface area (TPSA) is 48.1 Å². The van der Waals surface area contributed by atoms with Gasteiger partial charge in [-0.3, -0.25) is 0 Å². The van der Waals surface area contributed by atoms with Gasteiger partial charge in [-0.25, -0.2) is 4.98 Å². The van der Waals surface area contributed by atoms with E-state index < -0.39 is 0 Å². The standard InChI is InChI=1S/C9H12N2O/c1-3-8-5-7(10)6-9(11-8)12-4-2/h3,5-6H,1,4H2,2H3,(H2,10,11). The molecule has 0 bridgehead atoms. The highest BCUT2D eigenvalue weighted by molar-refractivity contribution is 5.52. The Labute approximate surface area is 71.9 Å². The van der Waals surface area contributed by atoms with Gasteiger partial charge in [0.15, 0.2) is 0 Å². The van der Waals surface area contributed by atoms with Crippen LogP contribution in [0.25, 0.3) is 6.08 Å². The number of aromatic nitrogens is 1. The van der Waals surface area contributed by atoms with Crippen LogP contribution in [0.5, 0.6) is 5.88 Å². The number of anilines is 1. The normalized spacial score (nSPS) is 9.42. The number of hydrogen-bond donors (Lipinski definition) is 1. The smallest absolute Gasteiger partial charge is 0.215 e. The van der Waals surface area contributed by atoms with Gasteiger partial charge in [0.25, 0.3) is 0 Å². The van der Waals surface area contributed by atoms with Crippen molar-refractivity contribution in [3.63, 3.8) is 0 Å². The molecule has 3 heteroatoms. The summed E-state index contributed by atoms with van der Waals surface area (Å²) >= 11 is 0. The Hall–Kier alpha value is -1.51. The van der Waals surface area contributed by atoms with Crippen molar-refractivity contribution in [2.24, 2.45) is 0 Å². The second-order valence-electron chi connectivity index (χ2n) is 2.30. The lowest BCUT2D eigenvalue weighted by molar-refractivity contribution is 0.327. The molecule has 0 aliphatic carbocycles. The number of nitrogen functional groups attached to an aromatic ring is 1. The van der Waals surface area contributed by atoms with Gasteiger partial charge in [0.1, 0.15) is 0 Å². The van der Waals surface area contributed by atoms with E-state index in [1.807, 2.05) is 6.92 Å². The number of ether oxygens (including phenoxy) is 1. The Kier molecular flexibility index (Phi) is 2.69. The molecule has 0 radical (unpaired) electrons. The molecule has 1 aromatic heterocycles. The highest BCUT2D eigenvalue weighted by atomic mass is 16.5. The zero-order chi connectivity index (χ0) is 8.97. The van der Waals surface area contributed by atoms with E-state index >= 15 is 0 Å². The molecule has 0 amide bonds. The average molecular weight is 164 g/mol. The quantitative estimate of drug-likeness (QED) is 0.739. The fourth-order valence-corrected chi connectivity index (χ4v) is 0.873. The maximum atomic E-state index is 5.60. The van der Waals surface area contributed by atoms with Crippen LogP contribution < -0.4 is 10.5 Å². The molecule has 1 rings (SSSR count). The molecule has 64 valence electrons. The molecule has 0 spiro atoms. The Morgan fingerprint density at radius 3 is 3.00 bits per heavy atom. The minimum Gasteiger partial charge on any atom is -0.478 e. The molecule has 0 unspecified atom stereocenters. The summed E-state index contributed by atoms with van der Waals surface area (Å²) in [5, 5.41) is 0. The van der Waals surface area contributed by atoms with Crippen molar-refractivity contribution in [2.45, 2.75) is 6.92 Å². The van der Waals surface area contributed by atoms with Gasteiger partial charge < -0.3 is 10.5 Å². The molecule has 1 heterocycles. The second-order valence-corrected chi connectivity index (χ2v) is 2.30. The van der Waals surface area contributed by atoms with Crippen LogP contribution in [-0.2, 0) is 0 Å². The lowest BCUT2D eigenvalue weighted by Gasteiger charge is -2.03. The van der Waals surface area contributed by atoms with Gasteiger partial charge in [-0.2, -0.15) is 0 Å². The lowest BCUT2D eigenvalue weighted by Crippen LogP contribution is -1.97. The van der Waals surface area contributed by atoms with E-state index in [1.165, 1.54) is 0 Å². The number of rotatable bonds is 3. The Morgan fingerprint density at radius 2 is 2.42 bits per heavy atom. The Balaban J connectivity index is 2.97. The largest absolute Gasteiger partial charge is 0.478 e. The first kappa shape index (κ1) is 8.59. The van der Waals surface area contributed by atoms with E-state index in [0.717, 1.165) is 5.69 Å². The minimum absolute atomic E-state index is 0.549. The molecule has 0 aliphatic heterocycles.